The highest BCUT2D eigenvalue weighted by molar-refractivity contribution is 7.76. The maximum atomic E-state index is 14.1. The predicted octanol–water partition coefficient (Wildman–Crippen LogP) is 3.65. The minimum absolute atomic E-state index is 0.353. The monoisotopic (exact) mass is 299 g/mol. The maximum absolute atomic E-state index is 14.1. The minimum Gasteiger partial charge on any atom is -0.296 e. The van der Waals surface area contributed by atoms with Gasteiger partial charge in [-0.1, -0.05) is 43.3 Å². The molecular formula is C18H22NOP. The molecule has 0 saturated carbocycles. The molecule has 1 aliphatic rings. The van der Waals surface area contributed by atoms with Crippen LogP contribution >= 0.6 is 7.29 Å². The molecule has 0 amide bonds. The molecule has 2 aromatic carbocycles. The minimum atomic E-state index is -2.73. The van der Waals surface area contributed by atoms with Crippen LogP contribution in [0.4, 0.5) is 0 Å². The molecule has 1 saturated heterocycles. The highest BCUT2D eigenvalue weighted by atomic mass is 31.2. The van der Waals surface area contributed by atoms with E-state index in [9.17, 15) is 4.57 Å². The van der Waals surface area contributed by atoms with Crippen LogP contribution in [-0.4, -0.2) is 17.3 Å². The van der Waals surface area contributed by atoms with E-state index >= 15 is 0 Å². The molecule has 0 radical (unpaired) electrons. The van der Waals surface area contributed by atoms with Gasteiger partial charge in [0.05, 0.1) is 0 Å². The second-order valence-electron chi connectivity index (χ2n) is 6.06. The van der Waals surface area contributed by atoms with E-state index in [1.54, 1.807) is 0 Å². The van der Waals surface area contributed by atoms with E-state index in [1.165, 1.54) is 0 Å². The summed E-state index contributed by atoms with van der Waals surface area (Å²) in [4.78, 5) is 0. The fourth-order valence-electron chi connectivity index (χ4n) is 3.38. The molecule has 3 heteroatoms. The van der Waals surface area contributed by atoms with E-state index in [4.69, 9.17) is 0 Å². The van der Waals surface area contributed by atoms with Gasteiger partial charge in [-0.2, -0.15) is 0 Å². The van der Waals surface area contributed by atoms with Gasteiger partial charge in [0.1, 0.15) is 0 Å². The van der Waals surface area contributed by atoms with Crippen molar-refractivity contribution < 1.29 is 4.57 Å². The lowest BCUT2D eigenvalue weighted by molar-refractivity contribution is 0.416. The van der Waals surface area contributed by atoms with E-state index in [2.05, 4.69) is 18.5 Å². The van der Waals surface area contributed by atoms with Crippen molar-refractivity contribution >= 4 is 17.9 Å². The fraction of sp³-hybridized carbons (Fsp3) is 0.333. The third kappa shape index (κ3) is 2.59. The van der Waals surface area contributed by atoms with Crippen molar-refractivity contribution in [3.63, 3.8) is 0 Å². The topological polar surface area (TPSA) is 20.3 Å². The molecule has 1 aliphatic heterocycles. The number of benzene rings is 2. The molecule has 2 atom stereocenters. The van der Waals surface area contributed by atoms with Crippen LogP contribution in [0.5, 0.6) is 0 Å². The lowest BCUT2D eigenvalue weighted by atomic mass is 10.1. The molecule has 110 valence electrons. The van der Waals surface area contributed by atoms with Crippen LogP contribution in [0.15, 0.2) is 60.7 Å². The molecular weight excluding hydrogens is 277 g/mol. The molecule has 1 fully saturated rings. The zero-order valence-electron chi connectivity index (χ0n) is 12.6. The van der Waals surface area contributed by atoms with E-state index in [-0.39, 0.29) is 0 Å². The largest absolute Gasteiger partial charge is 0.296 e. The van der Waals surface area contributed by atoms with Crippen LogP contribution < -0.4 is 10.6 Å². The summed E-state index contributed by atoms with van der Waals surface area (Å²) in [6.45, 7) is 5.35. The van der Waals surface area contributed by atoms with Gasteiger partial charge in [0.15, 0.2) is 0 Å². The average molecular weight is 299 g/mol. The first-order chi connectivity index (χ1) is 10.1. The van der Waals surface area contributed by atoms with E-state index < -0.39 is 7.29 Å². The van der Waals surface area contributed by atoms with Crippen molar-refractivity contribution in [2.75, 3.05) is 6.54 Å². The zero-order chi connectivity index (χ0) is 14.9. The first kappa shape index (κ1) is 14.6. The van der Waals surface area contributed by atoms with E-state index in [1.807, 2.05) is 60.7 Å². The van der Waals surface area contributed by atoms with Gasteiger partial charge in [0.25, 0.3) is 0 Å². The van der Waals surface area contributed by atoms with Gasteiger partial charge in [0, 0.05) is 23.2 Å². The maximum Gasteiger partial charge on any atom is 0.207 e. The Kier molecular flexibility index (Phi) is 4.01. The molecule has 0 N–H and O–H groups in total. The second kappa shape index (κ2) is 5.79. The normalized spacial score (nSPS) is 23.3. The summed E-state index contributed by atoms with van der Waals surface area (Å²) in [6.07, 6.45) is 1.11. The second-order valence-corrected chi connectivity index (χ2v) is 8.76. The Morgan fingerprint density at radius 2 is 1.38 bits per heavy atom. The molecule has 3 rings (SSSR count). The van der Waals surface area contributed by atoms with Gasteiger partial charge in [-0.3, -0.25) is 4.57 Å². The Morgan fingerprint density at radius 1 is 0.905 bits per heavy atom. The molecule has 0 aromatic heterocycles. The van der Waals surface area contributed by atoms with Gasteiger partial charge >= 0.3 is 0 Å². The van der Waals surface area contributed by atoms with Gasteiger partial charge in [-0.15, -0.1) is 0 Å². The van der Waals surface area contributed by atoms with Crippen molar-refractivity contribution in [3.05, 3.63) is 60.7 Å². The summed E-state index contributed by atoms with van der Waals surface area (Å²) in [6, 6.07) is 20.3. The molecule has 0 aliphatic carbocycles. The first-order valence-electron chi connectivity index (χ1n) is 7.61. The summed E-state index contributed by atoms with van der Waals surface area (Å²) in [7, 11) is -2.73. The summed E-state index contributed by atoms with van der Waals surface area (Å²) < 4.78 is 16.3. The third-order valence-corrected chi connectivity index (χ3v) is 7.60. The van der Waals surface area contributed by atoms with Crippen LogP contribution in [0.3, 0.4) is 0 Å². The number of nitrogens with zero attached hydrogens (tertiary/aromatic N) is 1. The summed E-state index contributed by atoms with van der Waals surface area (Å²) in [5.74, 6) is 0.598. The number of rotatable bonds is 3. The Hall–Kier alpha value is -1.37. The van der Waals surface area contributed by atoms with Crippen LogP contribution in [0.2, 0.25) is 0 Å². The van der Waals surface area contributed by atoms with Crippen LogP contribution in [0, 0.1) is 5.92 Å². The molecule has 0 spiro atoms. The fourth-order valence-corrected chi connectivity index (χ4v) is 6.58. The molecule has 0 bridgehead atoms. The Morgan fingerprint density at radius 3 is 1.76 bits per heavy atom. The van der Waals surface area contributed by atoms with Crippen LogP contribution in [0.25, 0.3) is 0 Å². The molecule has 2 nitrogen and oxygen atoms in total. The summed E-state index contributed by atoms with van der Waals surface area (Å²) in [5.41, 5.74) is 0. The highest BCUT2D eigenvalue weighted by Crippen LogP contribution is 2.52. The molecule has 0 unspecified atom stereocenters. The summed E-state index contributed by atoms with van der Waals surface area (Å²) >= 11 is 0. The molecule has 2 aromatic rings. The molecule has 21 heavy (non-hydrogen) atoms. The Bertz CT molecular complexity index is 597. The van der Waals surface area contributed by atoms with Gasteiger partial charge < -0.3 is 0 Å². The zero-order valence-corrected chi connectivity index (χ0v) is 13.5. The van der Waals surface area contributed by atoms with Crippen LogP contribution in [0.1, 0.15) is 20.3 Å². The van der Waals surface area contributed by atoms with Crippen molar-refractivity contribution in [2.24, 2.45) is 5.92 Å². The van der Waals surface area contributed by atoms with Crippen molar-refractivity contribution in [3.8, 4) is 0 Å². The first-order valence-corrected chi connectivity index (χ1v) is 9.26. The van der Waals surface area contributed by atoms with Crippen molar-refractivity contribution in [1.29, 1.82) is 0 Å². The lowest BCUT2D eigenvalue weighted by Crippen LogP contribution is -2.34. The average Bonchev–Trinajstić information content (AvgIpc) is 2.87. The smallest absolute Gasteiger partial charge is 0.207 e. The van der Waals surface area contributed by atoms with E-state index in [0.29, 0.717) is 12.0 Å². The highest BCUT2D eigenvalue weighted by Gasteiger charge is 2.41. The Balaban J connectivity index is 2.14. The number of hydrogen-bond acceptors (Lipinski definition) is 1. The lowest BCUT2D eigenvalue weighted by Gasteiger charge is -2.32. The Labute approximate surface area is 127 Å². The van der Waals surface area contributed by atoms with Gasteiger partial charge in [-0.05, 0) is 43.5 Å². The van der Waals surface area contributed by atoms with Crippen molar-refractivity contribution in [2.45, 2.75) is 26.3 Å². The van der Waals surface area contributed by atoms with E-state index in [0.717, 1.165) is 23.6 Å². The molecule has 1 heterocycles. The van der Waals surface area contributed by atoms with Gasteiger partial charge in [-0.25, -0.2) is 4.67 Å². The quantitative estimate of drug-likeness (QED) is 0.806. The van der Waals surface area contributed by atoms with Gasteiger partial charge in [0.2, 0.25) is 7.29 Å². The van der Waals surface area contributed by atoms with Crippen LogP contribution in [-0.2, 0) is 4.57 Å². The third-order valence-electron chi connectivity index (χ3n) is 4.33. The predicted molar refractivity (Wildman–Crippen MR) is 89.7 cm³/mol. The van der Waals surface area contributed by atoms with Crippen molar-refractivity contribution in [1.82, 2.24) is 4.67 Å². The standard InChI is InChI=1S/C18H22NOP/c1-15-13-16(2)19(14-15)21(20,17-9-5-3-6-10-17)18-11-7-4-8-12-18/h3-12,15-16H,13-14H2,1-2H3/t15-,16+/m0/s1. The number of hydrogen-bond donors (Lipinski definition) is 0. The SMILES string of the molecule is C[C@H]1C[C@@H](C)N(P(=O)(c2ccccc2)c2ccccc2)C1. The summed E-state index contributed by atoms with van der Waals surface area (Å²) in [5, 5.41) is 1.88.